The molecule has 0 radical (unpaired) electrons. The summed E-state index contributed by atoms with van der Waals surface area (Å²) in [4.78, 5) is 21.3. The van der Waals surface area contributed by atoms with Crippen LogP contribution in [-0.2, 0) is 11.2 Å². The lowest BCUT2D eigenvalue weighted by molar-refractivity contribution is 0.0156. The van der Waals surface area contributed by atoms with E-state index in [1.807, 2.05) is 0 Å². The SMILES string of the molecule is CCCCCC[C@H]1CC[C@H](OC(=O)c2ccc(-c3ncc(CCCC)cn3)cc2F)CC1. The Kier molecular flexibility index (Phi) is 9.63. The molecule has 174 valence electrons. The zero-order valence-electron chi connectivity index (χ0n) is 19.6. The van der Waals surface area contributed by atoms with Crippen LogP contribution in [0.25, 0.3) is 11.4 Å². The lowest BCUT2D eigenvalue weighted by Crippen LogP contribution is -2.25. The van der Waals surface area contributed by atoms with Crippen molar-refractivity contribution in [2.24, 2.45) is 5.92 Å². The van der Waals surface area contributed by atoms with E-state index in [9.17, 15) is 9.18 Å². The van der Waals surface area contributed by atoms with Crippen molar-refractivity contribution in [2.75, 3.05) is 0 Å². The molecule has 2 aromatic rings. The average Bonchev–Trinajstić information content (AvgIpc) is 2.81. The summed E-state index contributed by atoms with van der Waals surface area (Å²) in [5, 5.41) is 0. The van der Waals surface area contributed by atoms with Crippen LogP contribution in [-0.4, -0.2) is 22.0 Å². The zero-order chi connectivity index (χ0) is 22.8. The van der Waals surface area contributed by atoms with Gasteiger partial charge in [0.2, 0.25) is 0 Å². The maximum atomic E-state index is 14.7. The molecule has 0 amide bonds. The Balaban J connectivity index is 1.51. The summed E-state index contributed by atoms with van der Waals surface area (Å²) in [5.41, 5.74) is 1.62. The summed E-state index contributed by atoms with van der Waals surface area (Å²) in [6.07, 6.45) is 17.0. The first-order valence-electron chi connectivity index (χ1n) is 12.4. The molecule has 1 aliphatic rings. The molecule has 1 heterocycles. The van der Waals surface area contributed by atoms with Crippen molar-refractivity contribution < 1.29 is 13.9 Å². The second-order valence-electron chi connectivity index (χ2n) is 9.11. The molecule has 0 saturated heterocycles. The minimum absolute atomic E-state index is 0.0185. The van der Waals surface area contributed by atoms with Gasteiger partial charge in [0.1, 0.15) is 11.9 Å². The molecule has 5 heteroatoms. The fourth-order valence-corrected chi connectivity index (χ4v) is 4.45. The van der Waals surface area contributed by atoms with Gasteiger partial charge < -0.3 is 4.74 Å². The fraction of sp³-hybridized carbons (Fsp3) is 0.593. The van der Waals surface area contributed by atoms with Crippen molar-refractivity contribution in [3.05, 3.63) is 47.5 Å². The molecule has 0 N–H and O–H groups in total. The average molecular weight is 441 g/mol. The van der Waals surface area contributed by atoms with E-state index < -0.39 is 11.8 Å². The number of carbonyl (C=O) groups is 1. The Labute approximate surface area is 192 Å². The van der Waals surface area contributed by atoms with Crippen molar-refractivity contribution in [2.45, 2.75) is 97.0 Å². The Hall–Kier alpha value is -2.30. The first-order valence-corrected chi connectivity index (χ1v) is 12.4. The Morgan fingerprint density at radius 1 is 1.00 bits per heavy atom. The van der Waals surface area contributed by atoms with Crippen LogP contribution < -0.4 is 0 Å². The third-order valence-corrected chi connectivity index (χ3v) is 6.50. The van der Waals surface area contributed by atoms with E-state index in [0.29, 0.717) is 11.4 Å². The van der Waals surface area contributed by atoms with E-state index in [1.165, 1.54) is 44.2 Å². The van der Waals surface area contributed by atoms with E-state index in [4.69, 9.17) is 4.74 Å². The van der Waals surface area contributed by atoms with Crippen LogP contribution in [0.2, 0.25) is 0 Å². The molecule has 1 fully saturated rings. The van der Waals surface area contributed by atoms with Gasteiger partial charge in [-0.3, -0.25) is 0 Å². The normalized spacial score (nSPS) is 18.5. The van der Waals surface area contributed by atoms with Gasteiger partial charge in [0, 0.05) is 18.0 Å². The summed E-state index contributed by atoms with van der Waals surface area (Å²) in [6.45, 7) is 4.38. The predicted octanol–water partition coefficient (Wildman–Crippen LogP) is 7.31. The van der Waals surface area contributed by atoms with Gasteiger partial charge in [-0.05, 0) is 62.1 Å². The number of esters is 1. The van der Waals surface area contributed by atoms with Crippen molar-refractivity contribution in [3.8, 4) is 11.4 Å². The fourth-order valence-electron chi connectivity index (χ4n) is 4.45. The summed E-state index contributed by atoms with van der Waals surface area (Å²) in [5.74, 6) is 0.0413. The molecular weight excluding hydrogens is 403 g/mol. The highest BCUT2D eigenvalue weighted by atomic mass is 19.1. The highest BCUT2D eigenvalue weighted by Gasteiger charge is 2.25. The smallest absolute Gasteiger partial charge is 0.341 e. The van der Waals surface area contributed by atoms with Crippen LogP contribution in [0.5, 0.6) is 0 Å². The second kappa shape index (κ2) is 12.7. The summed E-state index contributed by atoms with van der Waals surface area (Å²) in [7, 11) is 0. The molecule has 0 aliphatic heterocycles. The van der Waals surface area contributed by atoms with E-state index in [-0.39, 0.29) is 11.7 Å². The second-order valence-corrected chi connectivity index (χ2v) is 9.11. The lowest BCUT2D eigenvalue weighted by atomic mass is 9.84. The van der Waals surface area contributed by atoms with Crippen molar-refractivity contribution in [1.82, 2.24) is 9.97 Å². The molecule has 1 aromatic heterocycles. The van der Waals surface area contributed by atoms with Crippen LogP contribution >= 0.6 is 0 Å². The first kappa shape index (κ1) is 24.3. The highest BCUT2D eigenvalue weighted by Crippen LogP contribution is 2.31. The Morgan fingerprint density at radius 3 is 2.38 bits per heavy atom. The summed E-state index contributed by atoms with van der Waals surface area (Å²) < 4.78 is 20.3. The molecule has 1 saturated carbocycles. The topological polar surface area (TPSA) is 52.1 Å². The number of halogens is 1. The quantitative estimate of drug-likeness (QED) is 0.271. The van der Waals surface area contributed by atoms with E-state index in [1.54, 1.807) is 18.5 Å². The van der Waals surface area contributed by atoms with Crippen LogP contribution in [0.1, 0.15) is 100 Å². The van der Waals surface area contributed by atoms with Crippen LogP contribution in [0.3, 0.4) is 0 Å². The molecule has 4 nitrogen and oxygen atoms in total. The number of aryl methyl sites for hydroxylation is 1. The predicted molar refractivity (Wildman–Crippen MR) is 126 cm³/mol. The van der Waals surface area contributed by atoms with Gasteiger partial charge in [0.05, 0.1) is 5.56 Å². The minimum atomic E-state index is -0.587. The van der Waals surface area contributed by atoms with Gasteiger partial charge in [-0.2, -0.15) is 0 Å². The minimum Gasteiger partial charge on any atom is -0.459 e. The third kappa shape index (κ3) is 7.11. The molecule has 3 rings (SSSR count). The lowest BCUT2D eigenvalue weighted by Gasteiger charge is -2.28. The third-order valence-electron chi connectivity index (χ3n) is 6.50. The maximum absolute atomic E-state index is 14.7. The number of nitrogens with zero attached hydrogens (tertiary/aromatic N) is 2. The Morgan fingerprint density at radius 2 is 1.72 bits per heavy atom. The van der Waals surface area contributed by atoms with E-state index >= 15 is 0 Å². The number of hydrogen-bond donors (Lipinski definition) is 0. The van der Waals surface area contributed by atoms with E-state index in [2.05, 4.69) is 23.8 Å². The zero-order valence-corrected chi connectivity index (χ0v) is 19.6. The van der Waals surface area contributed by atoms with Gasteiger partial charge in [-0.15, -0.1) is 0 Å². The molecule has 1 aliphatic carbocycles. The summed E-state index contributed by atoms with van der Waals surface area (Å²) in [6, 6.07) is 4.50. The van der Waals surface area contributed by atoms with Gasteiger partial charge >= 0.3 is 5.97 Å². The number of unbranched alkanes of at least 4 members (excludes halogenated alkanes) is 4. The highest BCUT2D eigenvalue weighted by molar-refractivity contribution is 5.90. The molecule has 1 aromatic carbocycles. The summed E-state index contributed by atoms with van der Waals surface area (Å²) >= 11 is 0. The van der Waals surface area contributed by atoms with Crippen LogP contribution in [0.15, 0.2) is 30.6 Å². The van der Waals surface area contributed by atoms with Gasteiger partial charge in [-0.25, -0.2) is 19.2 Å². The molecule has 0 unspecified atom stereocenters. The van der Waals surface area contributed by atoms with Crippen molar-refractivity contribution in [1.29, 1.82) is 0 Å². The first-order chi connectivity index (χ1) is 15.6. The molecule has 32 heavy (non-hydrogen) atoms. The monoisotopic (exact) mass is 440 g/mol. The number of carbonyl (C=O) groups excluding carboxylic acids is 1. The van der Waals surface area contributed by atoms with Gasteiger partial charge in [0.25, 0.3) is 0 Å². The largest absolute Gasteiger partial charge is 0.459 e. The standard InChI is InChI=1S/C27H37FN2O2/c1-3-5-7-8-10-20-11-14-23(15-12-20)32-27(31)24-16-13-22(17-25(24)28)26-29-18-21(19-30-26)9-6-4-2/h13,16-20,23H,3-12,14-15H2,1-2H3/t20-,23-. The van der Waals surface area contributed by atoms with Crippen molar-refractivity contribution >= 4 is 5.97 Å². The maximum Gasteiger partial charge on any atom is 0.341 e. The molecular formula is C27H37FN2O2. The number of hydrogen-bond acceptors (Lipinski definition) is 4. The van der Waals surface area contributed by atoms with E-state index in [0.717, 1.165) is 56.4 Å². The molecule has 0 bridgehead atoms. The van der Waals surface area contributed by atoms with Crippen molar-refractivity contribution in [3.63, 3.8) is 0 Å². The van der Waals surface area contributed by atoms with Gasteiger partial charge in [-0.1, -0.05) is 58.4 Å². The number of rotatable bonds is 11. The number of ether oxygens (including phenoxy) is 1. The van der Waals surface area contributed by atoms with Crippen LogP contribution in [0, 0.1) is 11.7 Å². The molecule has 0 atom stereocenters. The van der Waals surface area contributed by atoms with Gasteiger partial charge in [0.15, 0.2) is 5.82 Å². The number of aromatic nitrogens is 2. The van der Waals surface area contributed by atoms with Crippen LogP contribution in [0.4, 0.5) is 4.39 Å². The number of benzene rings is 1. The Bertz CT molecular complexity index is 845. The molecule has 0 spiro atoms.